The van der Waals surface area contributed by atoms with Gasteiger partial charge >= 0.3 is 0 Å². The molecule has 2 atom stereocenters. The van der Waals surface area contributed by atoms with E-state index in [9.17, 15) is 0 Å². The molecule has 13 heavy (non-hydrogen) atoms. The van der Waals surface area contributed by atoms with E-state index in [1.54, 1.807) is 11.3 Å². The first-order valence-electron chi connectivity index (χ1n) is 4.60. The minimum absolute atomic E-state index is 0.304. The van der Waals surface area contributed by atoms with Gasteiger partial charge in [-0.15, -0.1) is 11.3 Å². The van der Waals surface area contributed by atoms with E-state index >= 15 is 0 Å². The van der Waals surface area contributed by atoms with Crippen LogP contribution in [0.15, 0.2) is 12.1 Å². The first-order chi connectivity index (χ1) is 6.09. The predicted molar refractivity (Wildman–Crippen MR) is 60.6 cm³/mol. The molecular formula is C10H16ClNS. The van der Waals surface area contributed by atoms with E-state index in [2.05, 4.69) is 13.0 Å². The summed E-state index contributed by atoms with van der Waals surface area (Å²) in [6.07, 6.45) is 2.23. The van der Waals surface area contributed by atoms with Gasteiger partial charge in [0, 0.05) is 10.9 Å². The van der Waals surface area contributed by atoms with Crippen LogP contribution in [0.2, 0.25) is 4.34 Å². The van der Waals surface area contributed by atoms with E-state index in [4.69, 9.17) is 17.3 Å². The van der Waals surface area contributed by atoms with Gasteiger partial charge in [-0.2, -0.15) is 0 Å². The van der Waals surface area contributed by atoms with E-state index in [0.29, 0.717) is 12.0 Å². The van der Waals surface area contributed by atoms with Gasteiger partial charge in [0.2, 0.25) is 0 Å². The van der Waals surface area contributed by atoms with Crippen LogP contribution in [0.25, 0.3) is 0 Å². The molecule has 0 aromatic carbocycles. The standard InChI is InChI=1S/C10H16ClNS/c1-7(3-4-8(2)12)9-5-6-10(11)13-9/h5-8H,3-4,12H2,1-2H3. The highest BCUT2D eigenvalue weighted by Gasteiger charge is 2.08. The molecule has 74 valence electrons. The van der Waals surface area contributed by atoms with Crippen LogP contribution < -0.4 is 5.73 Å². The van der Waals surface area contributed by atoms with Gasteiger partial charge in [0.05, 0.1) is 4.34 Å². The molecule has 2 N–H and O–H groups in total. The monoisotopic (exact) mass is 217 g/mol. The van der Waals surface area contributed by atoms with Gasteiger partial charge in [0.15, 0.2) is 0 Å². The molecule has 0 spiro atoms. The molecule has 0 aliphatic carbocycles. The van der Waals surface area contributed by atoms with Crippen LogP contribution in [0.3, 0.4) is 0 Å². The van der Waals surface area contributed by atoms with Crippen molar-refractivity contribution in [2.45, 2.75) is 38.6 Å². The normalized spacial score (nSPS) is 15.7. The molecule has 0 saturated carbocycles. The second kappa shape index (κ2) is 4.99. The predicted octanol–water partition coefficient (Wildman–Crippen LogP) is 3.63. The third-order valence-electron chi connectivity index (χ3n) is 2.13. The molecule has 1 rings (SSSR count). The summed E-state index contributed by atoms with van der Waals surface area (Å²) < 4.78 is 0.877. The summed E-state index contributed by atoms with van der Waals surface area (Å²) in [5.41, 5.74) is 5.70. The van der Waals surface area contributed by atoms with Crippen LogP contribution in [0.5, 0.6) is 0 Å². The van der Waals surface area contributed by atoms with Crippen molar-refractivity contribution < 1.29 is 0 Å². The largest absolute Gasteiger partial charge is 0.328 e. The number of thiophene rings is 1. The smallest absolute Gasteiger partial charge is 0.0931 e. The number of hydrogen-bond acceptors (Lipinski definition) is 2. The third kappa shape index (κ3) is 3.67. The molecule has 0 amide bonds. The Bertz CT molecular complexity index is 257. The molecule has 1 aromatic heterocycles. The zero-order chi connectivity index (χ0) is 9.84. The lowest BCUT2D eigenvalue weighted by atomic mass is 10.0. The van der Waals surface area contributed by atoms with Crippen LogP contribution in [-0.4, -0.2) is 6.04 Å². The minimum Gasteiger partial charge on any atom is -0.328 e. The maximum absolute atomic E-state index is 5.86. The molecule has 0 saturated heterocycles. The highest BCUT2D eigenvalue weighted by Crippen LogP contribution is 2.30. The first kappa shape index (κ1) is 11.0. The van der Waals surface area contributed by atoms with Crippen molar-refractivity contribution in [1.82, 2.24) is 0 Å². The average Bonchev–Trinajstić information content (AvgIpc) is 2.47. The molecule has 0 aliphatic rings. The molecule has 0 radical (unpaired) electrons. The number of rotatable bonds is 4. The fraction of sp³-hybridized carbons (Fsp3) is 0.600. The average molecular weight is 218 g/mol. The van der Waals surface area contributed by atoms with E-state index in [1.807, 2.05) is 13.0 Å². The highest BCUT2D eigenvalue weighted by atomic mass is 35.5. The van der Waals surface area contributed by atoms with Crippen LogP contribution in [0.4, 0.5) is 0 Å². The fourth-order valence-corrected chi connectivity index (χ4v) is 2.39. The van der Waals surface area contributed by atoms with E-state index in [-0.39, 0.29) is 0 Å². The Kier molecular flexibility index (Phi) is 4.23. The quantitative estimate of drug-likeness (QED) is 0.819. The van der Waals surface area contributed by atoms with Crippen molar-refractivity contribution in [3.8, 4) is 0 Å². The van der Waals surface area contributed by atoms with Crippen molar-refractivity contribution in [3.05, 3.63) is 21.3 Å². The van der Waals surface area contributed by atoms with E-state index in [0.717, 1.165) is 17.2 Å². The molecule has 0 aliphatic heterocycles. The summed E-state index contributed by atoms with van der Waals surface area (Å²) in [6, 6.07) is 4.38. The van der Waals surface area contributed by atoms with Gasteiger partial charge in [-0.05, 0) is 37.8 Å². The van der Waals surface area contributed by atoms with Crippen molar-refractivity contribution in [2.75, 3.05) is 0 Å². The zero-order valence-electron chi connectivity index (χ0n) is 8.09. The first-order valence-corrected chi connectivity index (χ1v) is 5.80. The van der Waals surface area contributed by atoms with Crippen molar-refractivity contribution >= 4 is 22.9 Å². The van der Waals surface area contributed by atoms with Gasteiger partial charge in [-0.3, -0.25) is 0 Å². The third-order valence-corrected chi connectivity index (χ3v) is 3.60. The van der Waals surface area contributed by atoms with Gasteiger partial charge in [-0.1, -0.05) is 18.5 Å². The molecule has 2 unspecified atom stereocenters. The maximum atomic E-state index is 5.86. The summed E-state index contributed by atoms with van der Waals surface area (Å²) >= 11 is 7.53. The lowest BCUT2D eigenvalue weighted by Gasteiger charge is -2.10. The van der Waals surface area contributed by atoms with Crippen LogP contribution in [-0.2, 0) is 0 Å². The zero-order valence-corrected chi connectivity index (χ0v) is 9.66. The van der Waals surface area contributed by atoms with Crippen LogP contribution >= 0.6 is 22.9 Å². The van der Waals surface area contributed by atoms with Gasteiger partial charge in [0.25, 0.3) is 0 Å². The molecule has 0 fully saturated rings. The summed E-state index contributed by atoms with van der Waals surface area (Å²) in [5, 5.41) is 0. The Morgan fingerprint density at radius 3 is 2.54 bits per heavy atom. The molecule has 1 nitrogen and oxygen atoms in total. The van der Waals surface area contributed by atoms with Crippen molar-refractivity contribution in [2.24, 2.45) is 5.73 Å². The summed E-state index contributed by atoms with van der Waals surface area (Å²) in [7, 11) is 0. The van der Waals surface area contributed by atoms with Gasteiger partial charge in [0.1, 0.15) is 0 Å². The Hall–Kier alpha value is -0.0500. The van der Waals surface area contributed by atoms with Crippen molar-refractivity contribution in [3.63, 3.8) is 0 Å². The van der Waals surface area contributed by atoms with Gasteiger partial charge < -0.3 is 5.73 Å². The Labute approximate surface area is 88.9 Å². The fourth-order valence-electron chi connectivity index (χ4n) is 1.25. The number of halogens is 1. The Morgan fingerprint density at radius 2 is 2.08 bits per heavy atom. The molecule has 1 heterocycles. The molecule has 3 heteroatoms. The second-order valence-electron chi connectivity index (χ2n) is 3.60. The number of nitrogens with two attached hydrogens (primary N) is 1. The SMILES string of the molecule is CC(N)CCC(C)c1ccc(Cl)s1. The Balaban J connectivity index is 2.44. The van der Waals surface area contributed by atoms with E-state index in [1.165, 1.54) is 4.88 Å². The maximum Gasteiger partial charge on any atom is 0.0931 e. The molecule has 0 bridgehead atoms. The topological polar surface area (TPSA) is 26.0 Å². The van der Waals surface area contributed by atoms with Crippen LogP contribution in [0, 0.1) is 0 Å². The second-order valence-corrected chi connectivity index (χ2v) is 5.34. The highest BCUT2D eigenvalue weighted by molar-refractivity contribution is 7.16. The van der Waals surface area contributed by atoms with E-state index < -0.39 is 0 Å². The van der Waals surface area contributed by atoms with Crippen molar-refractivity contribution in [1.29, 1.82) is 0 Å². The summed E-state index contributed by atoms with van der Waals surface area (Å²) in [5.74, 6) is 0.587. The lowest BCUT2D eigenvalue weighted by Crippen LogP contribution is -2.15. The minimum atomic E-state index is 0.304. The summed E-state index contributed by atoms with van der Waals surface area (Å²) in [4.78, 5) is 1.37. The number of hydrogen-bond donors (Lipinski definition) is 1. The van der Waals surface area contributed by atoms with Gasteiger partial charge in [-0.25, -0.2) is 0 Å². The molecular weight excluding hydrogens is 202 g/mol. The van der Waals surface area contributed by atoms with Crippen LogP contribution in [0.1, 0.15) is 37.5 Å². The Morgan fingerprint density at radius 1 is 1.38 bits per heavy atom. The lowest BCUT2D eigenvalue weighted by molar-refractivity contribution is 0.573. The summed E-state index contributed by atoms with van der Waals surface area (Å²) in [6.45, 7) is 4.28. The molecule has 1 aromatic rings.